The zero-order valence-corrected chi connectivity index (χ0v) is 21.2. The van der Waals surface area contributed by atoms with Gasteiger partial charge < -0.3 is 4.57 Å². The fourth-order valence-corrected chi connectivity index (χ4v) is 8.10. The number of carbonyl (C=O) groups is 3. The molecule has 0 atom stereocenters. The Hall–Kier alpha value is -4.11. The molecule has 6 heteroatoms. The molecule has 5 fully saturated rings. The number of terminal acetylenes is 1. The molecule has 4 aliphatic carbocycles. The Kier molecular flexibility index (Phi) is 5.13. The molecule has 190 valence electrons. The Morgan fingerprint density at radius 2 is 1.61 bits per heavy atom. The number of amides is 4. The number of hydrogen-bond donors (Lipinski definition) is 1. The number of carbonyl (C=O) groups excluding carboxylic acids is 3. The van der Waals surface area contributed by atoms with Crippen molar-refractivity contribution in [3.63, 3.8) is 0 Å². The van der Waals surface area contributed by atoms with E-state index >= 15 is 0 Å². The van der Waals surface area contributed by atoms with Gasteiger partial charge in [0.1, 0.15) is 5.57 Å². The highest BCUT2D eigenvalue weighted by atomic mass is 16.2. The molecule has 0 radical (unpaired) electrons. The first-order valence-corrected chi connectivity index (χ1v) is 13.5. The molecular weight excluding hydrogens is 474 g/mol. The summed E-state index contributed by atoms with van der Waals surface area (Å²) in [6.45, 7) is 0.366. The molecule has 4 saturated carbocycles. The van der Waals surface area contributed by atoms with E-state index in [-0.39, 0.29) is 11.0 Å². The molecule has 4 bridgehead atoms. The van der Waals surface area contributed by atoms with Crippen molar-refractivity contribution < 1.29 is 14.4 Å². The second kappa shape index (κ2) is 8.46. The molecule has 1 saturated heterocycles. The van der Waals surface area contributed by atoms with Crippen LogP contribution in [0, 0.1) is 30.1 Å². The van der Waals surface area contributed by atoms with Gasteiger partial charge in [0.25, 0.3) is 11.8 Å². The fourth-order valence-electron chi connectivity index (χ4n) is 8.10. The number of para-hydroxylation sites is 1. The summed E-state index contributed by atoms with van der Waals surface area (Å²) in [5.74, 6) is 3.81. The lowest BCUT2D eigenvalue weighted by Gasteiger charge is -2.57. The SMILES string of the molecule is C#CCn1cc(/C=C2\C(=O)NC(=O)N(c3ccc(C45CC6CC(CC(C6)C4)C5)cc3)C2=O)c2ccccc21. The average molecular weight is 504 g/mol. The first kappa shape index (κ1) is 23.0. The number of nitrogens with zero attached hydrogens (tertiary/aromatic N) is 2. The number of nitrogens with one attached hydrogen (secondary N) is 1. The maximum Gasteiger partial charge on any atom is 0.335 e. The van der Waals surface area contributed by atoms with Crippen molar-refractivity contribution in [2.75, 3.05) is 4.90 Å². The van der Waals surface area contributed by atoms with Crippen LogP contribution >= 0.6 is 0 Å². The molecule has 1 aromatic heterocycles. The molecule has 6 nitrogen and oxygen atoms in total. The van der Waals surface area contributed by atoms with Crippen LogP contribution in [-0.4, -0.2) is 22.4 Å². The highest BCUT2D eigenvalue weighted by molar-refractivity contribution is 6.39. The lowest BCUT2D eigenvalue weighted by atomic mass is 9.48. The van der Waals surface area contributed by atoms with Gasteiger partial charge in [-0.25, -0.2) is 9.69 Å². The molecule has 2 heterocycles. The molecule has 3 aromatic rings. The predicted molar refractivity (Wildman–Crippen MR) is 146 cm³/mol. The van der Waals surface area contributed by atoms with Gasteiger partial charge >= 0.3 is 6.03 Å². The third-order valence-corrected chi connectivity index (χ3v) is 9.26. The molecule has 5 aliphatic rings. The van der Waals surface area contributed by atoms with E-state index in [9.17, 15) is 14.4 Å². The lowest BCUT2D eigenvalue weighted by Crippen LogP contribution is -2.54. The van der Waals surface area contributed by atoms with E-state index in [1.54, 1.807) is 6.08 Å². The molecule has 4 amide bonds. The molecule has 2 aromatic carbocycles. The Labute approximate surface area is 221 Å². The van der Waals surface area contributed by atoms with Crippen molar-refractivity contribution in [2.24, 2.45) is 17.8 Å². The summed E-state index contributed by atoms with van der Waals surface area (Å²) in [5.41, 5.74) is 3.54. The Balaban J connectivity index is 1.21. The third kappa shape index (κ3) is 3.53. The van der Waals surface area contributed by atoms with Crippen molar-refractivity contribution in [3.05, 3.63) is 71.4 Å². The molecule has 0 unspecified atom stereocenters. The van der Waals surface area contributed by atoms with Crippen LogP contribution in [0.25, 0.3) is 17.0 Å². The molecule has 8 rings (SSSR count). The zero-order chi connectivity index (χ0) is 26.0. The minimum atomic E-state index is -0.727. The van der Waals surface area contributed by atoms with E-state index < -0.39 is 17.8 Å². The highest BCUT2D eigenvalue weighted by Crippen LogP contribution is 2.60. The number of benzene rings is 2. The van der Waals surface area contributed by atoms with Gasteiger partial charge in [0.15, 0.2) is 0 Å². The summed E-state index contributed by atoms with van der Waals surface area (Å²) in [6.07, 6.45) is 16.8. The molecule has 38 heavy (non-hydrogen) atoms. The van der Waals surface area contributed by atoms with Gasteiger partial charge in [0.2, 0.25) is 0 Å². The molecule has 1 aliphatic heterocycles. The number of barbiturate groups is 1. The molecule has 0 spiro atoms. The number of fused-ring (bicyclic) bond motifs is 1. The maximum atomic E-state index is 13.6. The largest absolute Gasteiger partial charge is 0.335 e. The third-order valence-electron chi connectivity index (χ3n) is 9.26. The number of aromatic nitrogens is 1. The van der Waals surface area contributed by atoms with Gasteiger partial charge in [-0.1, -0.05) is 36.3 Å². The van der Waals surface area contributed by atoms with Crippen LogP contribution in [0.3, 0.4) is 0 Å². The van der Waals surface area contributed by atoms with Gasteiger partial charge in [-0.15, -0.1) is 6.42 Å². The van der Waals surface area contributed by atoms with E-state index in [0.29, 0.717) is 17.8 Å². The highest BCUT2D eigenvalue weighted by Gasteiger charge is 2.51. The summed E-state index contributed by atoms with van der Waals surface area (Å²) in [5, 5.41) is 3.23. The average Bonchev–Trinajstić information content (AvgIpc) is 3.23. The van der Waals surface area contributed by atoms with Crippen LogP contribution in [0.5, 0.6) is 0 Å². The van der Waals surface area contributed by atoms with Gasteiger partial charge in [-0.2, -0.15) is 0 Å². The zero-order valence-electron chi connectivity index (χ0n) is 21.2. The second-order valence-corrected chi connectivity index (χ2v) is 11.6. The van der Waals surface area contributed by atoms with Gasteiger partial charge in [-0.3, -0.25) is 14.9 Å². The first-order chi connectivity index (χ1) is 18.4. The van der Waals surface area contributed by atoms with Crippen LogP contribution < -0.4 is 10.2 Å². The topological polar surface area (TPSA) is 71.4 Å². The van der Waals surface area contributed by atoms with Crippen molar-refractivity contribution in [1.82, 2.24) is 9.88 Å². The van der Waals surface area contributed by atoms with Crippen molar-refractivity contribution in [3.8, 4) is 12.3 Å². The Bertz CT molecular complexity index is 1530. The number of imide groups is 2. The number of hydrogen-bond acceptors (Lipinski definition) is 3. The summed E-state index contributed by atoms with van der Waals surface area (Å²) >= 11 is 0. The minimum Gasteiger partial charge on any atom is -0.335 e. The quantitative estimate of drug-likeness (QED) is 0.294. The normalized spacial score (nSPS) is 29.2. The summed E-state index contributed by atoms with van der Waals surface area (Å²) in [4.78, 5) is 40.3. The number of anilines is 1. The standard InChI is InChI=1S/C32H29N3O3/c1-2-11-34-19-23(26-5-3-4-6-28(26)34)15-27-29(36)33-31(38)35(30(27)37)25-9-7-24(8-10-25)32-16-20-12-21(17-32)14-22(13-20)18-32/h1,3-10,15,19-22H,11-14,16-18H2,(H,33,36,38)/b27-15+. The van der Waals surface area contributed by atoms with E-state index in [4.69, 9.17) is 6.42 Å². The molecule has 1 N–H and O–H groups in total. The smallest absolute Gasteiger partial charge is 0.335 e. The summed E-state index contributed by atoms with van der Waals surface area (Å²) in [6, 6.07) is 14.9. The van der Waals surface area contributed by atoms with E-state index in [1.807, 2.05) is 47.2 Å². The van der Waals surface area contributed by atoms with E-state index in [0.717, 1.165) is 33.6 Å². The van der Waals surface area contributed by atoms with Crippen LogP contribution in [0.4, 0.5) is 10.5 Å². The number of rotatable bonds is 4. The number of urea groups is 1. The van der Waals surface area contributed by atoms with E-state index in [2.05, 4.69) is 23.4 Å². The van der Waals surface area contributed by atoms with Gasteiger partial charge in [-0.05, 0) is 91.5 Å². The minimum absolute atomic E-state index is 0.0848. The lowest BCUT2D eigenvalue weighted by molar-refractivity contribution is -0.122. The van der Waals surface area contributed by atoms with E-state index in [1.165, 1.54) is 44.1 Å². The van der Waals surface area contributed by atoms with Gasteiger partial charge in [0, 0.05) is 22.7 Å². The van der Waals surface area contributed by atoms with Crippen molar-refractivity contribution in [2.45, 2.75) is 50.5 Å². The summed E-state index contributed by atoms with van der Waals surface area (Å²) in [7, 11) is 0. The first-order valence-electron chi connectivity index (χ1n) is 13.5. The van der Waals surface area contributed by atoms with Crippen LogP contribution in [0.1, 0.15) is 49.7 Å². The molecular formula is C32H29N3O3. The fraction of sp³-hybridized carbons (Fsp3) is 0.344. The van der Waals surface area contributed by atoms with Crippen molar-refractivity contribution >= 4 is 40.5 Å². The summed E-state index contributed by atoms with van der Waals surface area (Å²) < 4.78 is 1.90. The Morgan fingerprint density at radius 1 is 0.947 bits per heavy atom. The monoisotopic (exact) mass is 503 g/mol. The Morgan fingerprint density at radius 3 is 2.26 bits per heavy atom. The van der Waals surface area contributed by atoms with Crippen LogP contribution in [0.15, 0.2) is 60.3 Å². The van der Waals surface area contributed by atoms with Crippen LogP contribution in [0.2, 0.25) is 0 Å². The maximum absolute atomic E-state index is 13.6. The second-order valence-electron chi connectivity index (χ2n) is 11.6. The van der Waals surface area contributed by atoms with Gasteiger partial charge in [0.05, 0.1) is 12.2 Å². The van der Waals surface area contributed by atoms with Crippen LogP contribution in [-0.2, 0) is 21.5 Å². The van der Waals surface area contributed by atoms with Crippen molar-refractivity contribution in [1.29, 1.82) is 0 Å². The predicted octanol–water partition coefficient (Wildman–Crippen LogP) is 5.41.